The number of nitrogens with one attached hydrogen (secondary N) is 2. The molecule has 1 heterocycles. The van der Waals surface area contributed by atoms with E-state index in [9.17, 15) is 14.0 Å². The average Bonchev–Trinajstić information content (AvgIpc) is 2.75. The van der Waals surface area contributed by atoms with Crippen molar-refractivity contribution in [2.24, 2.45) is 0 Å². The molecule has 0 aliphatic heterocycles. The third kappa shape index (κ3) is 5.38. The van der Waals surface area contributed by atoms with Crippen LogP contribution >= 0.6 is 0 Å². The molecule has 148 valence electrons. The molecule has 2 amide bonds. The number of benzene rings is 2. The molecule has 3 aromatic rings. The first kappa shape index (κ1) is 20.0. The minimum absolute atomic E-state index is 0.0219. The van der Waals surface area contributed by atoms with Gasteiger partial charge in [-0.3, -0.25) is 14.6 Å². The summed E-state index contributed by atoms with van der Waals surface area (Å²) in [4.78, 5) is 28.7. The van der Waals surface area contributed by atoms with Crippen molar-refractivity contribution in [3.8, 4) is 5.75 Å². The van der Waals surface area contributed by atoms with Gasteiger partial charge in [-0.15, -0.1) is 0 Å². The number of carbonyl (C=O) groups is 2. The van der Waals surface area contributed by atoms with Gasteiger partial charge in [-0.05, 0) is 48.4 Å². The number of methoxy groups -OCH3 is 1. The third-order valence-corrected chi connectivity index (χ3v) is 4.21. The SMILES string of the molecule is COc1cccc(CCNC(=O)c2ccnc(C(=O)Nc3ccccc3F)c2)c1. The van der Waals surface area contributed by atoms with E-state index in [-0.39, 0.29) is 17.3 Å². The zero-order valence-electron chi connectivity index (χ0n) is 15.8. The Labute approximate surface area is 167 Å². The van der Waals surface area contributed by atoms with E-state index in [1.54, 1.807) is 13.2 Å². The number of para-hydroxylation sites is 1. The first-order valence-electron chi connectivity index (χ1n) is 9.00. The van der Waals surface area contributed by atoms with Gasteiger partial charge in [0.2, 0.25) is 0 Å². The lowest BCUT2D eigenvalue weighted by molar-refractivity contribution is 0.0954. The van der Waals surface area contributed by atoms with Crippen molar-refractivity contribution in [3.63, 3.8) is 0 Å². The Morgan fingerprint density at radius 3 is 2.66 bits per heavy atom. The monoisotopic (exact) mass is 393 g/mol. The number of rotatable bonds is 7. The molecular weight excluding hydrogens is 373 g/mol. The van der Waals surface area contributed by atoms with Crippen LogP contribution in [-0.4, -0.2) is 30.5 Å². The maximum Gasteiger partial charge on any atom is 0.274 e. The molecule has 6 nitrogen and oxygen atoms in total. The van der Waals surface area contributed by atoms with Gasteiger partial charge >= 0.3 is 0 Å². The van der Waals surface area contributed by atoms with Crippen molar-refractivity contribution in [2.45, 2.75) is 6.42 Å². The first-order valence-corrected chi connectivity index (χ1v) is 9.00. The summed E-state index contributed by atoms with van der Waals surface area (Å²) < 4.78 is 18.9. The van der Waals surface area contributed by atoms with Crippen molar-refractivity contribution in [1.29, 1.82) is 0 Å². The number of nitrogens with zero attached hydrogens (tertiary/aromatic N) is 1. The molecule has 29 heavy (non-hydrogen) atoms. The van der Waals surface area contributed by atoms with Crippen LogP contribution in [0.25, 0.3) is 0 Å². The van der Waals surface area contributed by atoms with Crippen LogP contribution in [0.3, 0.4) is 0 Å². The fourth-order valence-electron chi connectivity index (χ4n) is 2.70. The van der Waals surface area contributed by atoms with Crippen LogP contribution in [0.5, 0.6) is 5.75 Å². The Bertz CT molecular complexity index is 1020. The largest absolute Gasteiger partial charge is 0.497 e. The number of carbonyl (C=O) groups excluding carboxylic acids is 2. The molecule has 2 aromatic carbocycles. The molecule has 0 saturated heterocycles. The van der Waals surface area contributed by atoms with Crippen molar-refractivity contribution < 1.29 is 18.7 Å². The van der Waals surface area contributed by atoms with Crippen LogP contribution in [0.1, 0.15) is 26.4 Å². The van der Waals surface area contributed by atoms with Gasteiger partial charge in [0.15, 0.2) is 0 Å². The lowest BCUT2D eigenvalue weighted by atomic mass is 10.1. The summed E-state index contributed by atoms with van der Waals surface area (Å²) in [5, 5.41) is 5.26. The standard InChI is InChI=1S/C22H20FN3O3/c1-29-17-6-4-5-15(13-17)9-11-25-21(27)16-10-12-24-20(14-16)22(28)26-19-8-3-2-7-18(19)23/h2-8,10,12-14H,9,11H2,1H3,(H,25,27)(H,26,28). The van der Waals surface area contributed by atoms with Gasteiger partial charge in [0.25, 0.3) is 11.8 Å². The Hall–Kier alpha value is -3.74. The van der Waals surface area contributed by atoms with Crippen molar-refractivity contribution in [3.05, 3.63) is 89.5 Å². The minimum atomic E-state index is -0.596. The number of hydrogen-bond acceptors (Lipinski definition) is 4. The summed E-state index contributed by atoms with van der Waals surface area (Å²) in [6.07, 6.45) is 2.00. The molecule has 3 rings (SSSR count). The van der Waals surface area contributed by atoms with E-state index in [4.69, 9.17) is 4.74 Å². The van der Waals surface area contributed by atoms with Gasteiger partial charge in [0.05, 0.1) is 12.8 Å². The van der Waals surface area contributed by atoms with E-state index in [2.05, 4.69) is 15.6 Å². The highest BCUT2D eigenvalue weighted by atomic mass is 19.1. The summed E-state index contributed by atoms with van der Waals surface area (Å²) >= 11 is 0. The lowest BCUT2D eigenvalue weighted by Crippen LogP contribution is -2.26. The number of aromatic nitrogens is 1. The molecule has 0 aliphatic rings. The molecule has 0 aliphatic carbocycles. The van der Waals surface area contributed by atoms with Gasteiger partial charge in [0, 0.05) is 18.3 Å². The molecule has 0 spiro atoms. The van der Waals surface area contributed by atoms with Crippen molar-refractivity contribution in [1.82, 2.24) is 10.3 Å². The minimum Gasteiger partial charge on any atom is -0.497 e. The third-order valence-electron chi connectivity index (χ3n) is 4.21. The van der Waals surface area contributed by atoms with E-state index in [0.717, 1.165) is 11.3 Å². The normalized spacial score (nSPS) is 10.3. The summed E-state index contributed by atoms with van der Waals surface area (Å²) in [5.41, 5.74) is 1.40. The molecule has 0 unspecified atom stereocenters. The molecule has 2 N–H and O–H groups in total. The summed E-state index contributed by atoms with van der Waals surface area (Å²) in [6.45, 7) is 0.422. The number of hydrogen-bond donors (Lipinski definition) is 2. The van der Waals surface area contributed by atoms with E-state index in [1.807, 2.05) is 24.3 Å². The number of halogens is 1. The summed E-state index contributed by atoms with van der Waals surface area (Å²) in [7, 11) is 1.60. The van der Waals surface area contributed by atoms with Crippen LogP contribution in [0, 0.1) is 5.82 Å². The van der Waals surface area contributed by atoms with E-state index in [0.29, 0.717) is 18.5 Å². The fraction of sp³-hybridized carbons (Fsp3) is 0.136. The molecule has 0 bridgehead atoms. The maximum absolute atomic E-state index is 13.7. The zero-order chi connectivity index (χ0) is 20.6. The Balaban J connectivity index is 1.60. The van der Waals surface area contributed by atoms with Crippen molar-refractivity contribution in [2.75, 3.05) is 19.0 Å². The molecule has 7 heteroatoms. The zero-order valence-corrected chi connectivity index (χ0v) is 15.8. The highest BCUT2D eigenvalue weighted by Gasteiger charge is 2.13. The fourth-order valence-corrected chi connectivity index (χ4v) is 2.70. The topological polar surface area (TPSA) is 80.3 Å². The van der Waals surface area contributed by atoms with Crippen LogP contribution in [-0.2, 0) is 6.42 Å². The second kappa shape index (κ2) is 9.45. The van der Waals surface area contributed by atoms with Crippen LogP contribution < -0.4 is 15.4 Å². The Kier molecular flexibility index (Phi) is 6.52. The van der Waals surface area contributed by atoms with Crippen LogP contribution in [0.2, 0.25) is 0 Å². The summed E-state index contributed by atoms with van der Waals surface area (Å²) in [5.74, 6) is -0.711. The average molecular weight is 393 g/mol. The van der Waals surface area contributed by atoms with Gasteiger partial charge in [0.1, 0.15) is 17.3 Å². The van der Waals surface area contributed by atoms with Gasteiger partial charge in [-0.1, -0.05) is 24.3 Å². The van der Waals surface area contributed by atoms with Crippen LogP contribution in [0.15, 0.2) is 66.9 Å². The Morgan fingerprint density at radius 1 is 1.03 bits per heavy atom. The predicted molar refractivity (Wildman–Crippen MR) is 108 cm³/mol. The molecule has 0 saturated carbocycles. The number of amides is 2. The van der Waals surface area contributed by atoms with E-state index >= 15 is 0 Å². The number of anilines is 1. The predicted octanol–water partition coefficient (Wildman–Crippen LogP) is 3.45. The van der Waals surface area contributed by atoms with Gasteiger partial charge in [-0.2, -0.15) is 0 Å². The maximum atomic E-state index is 13.7. The molecule has 0 atom stereocenters. The number of pyridine rings is 1. The van der Waals surface area contributed by atoms with E-state index < -0.39 is 11.7 Å². The van der Waals surface area contributed by atoms with Crippen LogP contribution in [0.4, 0.5) is 10.1 Å². The quantitative estimate of drug-likeness (QED) is 0.644. The van der Waals surface area contributed by atoms with E-state index in [1.165, 1.54) is 36.5 Å². The smallest absolute Gasteiger partial charge is 0.274 e. The second-order valence-corrected chi connectivity index (χ2v) is 6.22. The first-order chi connectivity index (χ1) is 14.1. The number of ether oxygens (including phenoxy) is 1. The highest BCUT2D eigenvalue weighted by molar-refractivity contribution is 6.04. The Morgan fingerprint density at radius 2 is 1.86 bits per heavy atom. The molecule has 0 fully saturated rings. The molecular formula is C22H20FN3O3. The van der Waals surface area contributed by atoms with Gasteiger partial charge < -0.3 is 15.4 Å². The van der Waals surface area contributed by atoms with Crippen molar-refractivity contribution >= 4 is 17.5 Å². The summed E-state index contributed by atoms with van der Waals surface area (Å²) in [6, 6.07) is 16.3. The molecule has 0 radical (unpaired) electrons. The highest BCUT2D eigenvalue weighted by Crippen LogP contribution is 2.14. The lowest BCUT2D eigenvalue weighted by Gasteiger charge is -2.08. The van der Waals surface area contributed by atoms with Gasteiger partial charge in [-0.25, -0.2) is 4.39 Å². The second-order valence-electron chi connectivity index (χ2n) is 6.22. The molecule has 1 aromatic heterocycles.